The molecule has 1 heterocycles. The van der Waals surface area contributed by atoms with Crippen molar-refractivity contribution in [2.75, 3.05) is 31.6 Å². The highest BCUT2D eigenvalue weighted by Crippen LogP contribution is 2.64. The Morgan fingerprint density at radius 2 is 1.65 bits per heavy atom. The molecule has 1 atom stereocenters. The van der Waals surface area contributed by atoms with Gasteiger partial charge in [-0.3, -0.25) is 4.79 Å². The van der Waals surface area contributed by atoms with Crippen LogP contribution in [-0.4, -0.2) is 64.2 Å². The van der Waals surface area contributed by atoms with Crippen LogP contribution >= 0.6 is 0 Å². The fourth-order valence-corrected chi connectivity index (χ4v) is 6.21. The number of rotatable bonds is 6. The van der Waals surface area contributed by atoms with E-state index in [9.17, 15) is 44.8 Å². The van der Waals surface area contributed by atoms with Crippen LogP contribution in [0.3, 0.4) is 0 Å². The van der Waals surface area contributed by atoms with Gasteiger partial charge in [0.2, 0.25) is 11.8 Å². The SMILES string of the molecule is CCC(C)(F)F.CN1CCN(C2CC3(C2)CC(F)(F)C3)c2cc(C(F)(F)F)c(OCC(C)(C)C(=O)O)cc2S1=O. The van der Waals surface area contributed by atoms with Crippen molar-refractivity contribution < 1.29 is 49.6 Å². The van der Waals surface area contributed by atoms with Gasteiger partial charge in [0.1, 0.15) is 23.3 Å². The highest BCUT2D eigenvalue weighted by molar-refractivity contribution is 7.82. The number of ether oxygens (including phenoxy) is 1. The molecule has 0 radical (unpaired) electrons. The minimum absolute atomic E-state index is 0.0625. The number of carboxylic acids is 1. The Labute approximate surface area is 231 Å². The highest BCUT2D eigenvalue weighted by atomic mass is 32.2. The highest BCUT2D eigenvalue weighted by Gasteiger charge is 2.62. The fraction of sp³-hybridized carbons (Fsp3) is 0.731. The van der Waals surface area contributed by atoms with Crippen molar-refractivity contribution in [3.63, 3.8) is 0 Å². The van der Waals surface area contributed by atoms with Gasteiger partial charge in [0, 0.05) is 51.5 Å². The van der Waals surface area contributed by atoms with Crippen LogP contribution in [0.2, 0.25) is 0 Å². The minimum Gasteiger partial charge on any atom is -0.492 e. The number of benzene rings is 1. The Bertz CT molecular complexity index is 1120. The number of aliphatic carboxylic acids is 1. The Morgan fingerprint density at radius 3 is 2.10 bits per heavy atom. The number of anilines is 1. The topological polar surface area (TPSA) is 70.1 Å². The molecule has 0 aromatic heterocycles. The molecule has 1 unspecified atom stereocenters. The van der Waals surface area contributed by atoms with Crippen molar-refractivity contribution >= 4 is 22.6 Å². The number of nitrogens with zero attached hydrogens (tertiary/aromatic N) is 2. The maximum atomic E-state index is 14.0. The first kappa shape index (κ1) is 32.4. The van der Waals surface area contributed by atoms with Gasteiger partial charge in [-0.15, -0.1) is 0 Å². The zero-order valence-corrected chi connectivity index (χ0v) is 23.8. The van der Waals surface area contributed by atoms with E-state index in [1.54, 1.807) is 11.9 Å². The summed E-state index contributed by atoms with van der Waals surface area (Å²) in [4.78, 5) is 13.2. The number of hydrogen-bond acceptors (Lipinski definition) is 4. The Hall–Kier alpha value is -2.09. The molecule has 228 valence electrons. The molecule has 0 bridgehead atoms. The monoisotopic (exact) mass is 604 g/mol. The van der Waals surface area contributed by atoms with E-state index in [4.69, 9.17) is 4.74 Å². The molecule has 0 amide bonds. The molecule has 1 spiro atoms. The van der Waals surface area contributed by atoms with Gasteiger partial charge in [0.15, 0.2) is 0 Å². The number of likely N-dealkylation sites (N-methyl/N-ethyl adjacent to an activating group) is 1. The summed E-state index contributed by atoms with van der Waals surface area (Å²) < 4.78 is 112. The number of alkyl halides is 7. The van der Waals surface area contributed by atoms with Gasteiger partial charge in [-0.05, 0) is 45.1 Å². The van der Waals surface area contributed by atoms with E-state index in [0.29, 0.717) is 25.9 Å². The van der Waals surface area contributed by atoms with E-state index in [-0.39, 0.29) is 35.9 Å². The number of carboxylic acid groups (broad SMARTS) is 1. The zero-order valence-electron chi connectivity index (χ0n) is 23.0. The summed E-state index contributed by atoms with van der Waals surface area (Å²) in [6.07, 6.45) is -4.38. The first-order valence-corrected chi connectivity index (χ1v) is 14.0. The normalized spacial score (nSPS) is 22.8. The first-order chi connectivity index (χ1) is 18.1. The van der Waals surface area contributed by atoms with E-state index >= 15 is 0 Å². The number of fused-ring (bicyclic) bond motifs is 1. The van der Waals surface area contributed by atoms with Crippen molar-refractivity contribution in [1.29, 1.82) is 0 Å². The summed E-state index contributed by atoms with van der Waals surface area (Å²) in [5, 5.41) is 9.27. The zero-order chi connectivity index (χ0) is 30.5. The molecule has 1 aromatic carbocycles. The second-order valence-electron chi connectivity index (χ2n) is 11.8. The van der Waals surface area contributed by atoms with Crippen LogP contribution in [0.25, 0.3) is 0 Å². The third-order valence-corrected chi connectivity index (χ3v) is 9.09. The molecule has 14 heteroatoms. The van der Waals surface area contributed by atoms with Gasteiger partial charge in [-0.1, -0.05) is 6.92 Å². The lowest BCUT2D eigenvalue weighted by Crippen LogP contribution is -2.60. The molecular formula is C26H35F7N2O4S. The molecule has 2 fully saturated rings. The largest absolute Gasteiger partial charge is 0.492 e. The third kappa shape index (κ3) is 7.21. The quantitative estimate of drug-likeness (QED) is 0.371. The Kier molecular flexibility index (Phi) is 8.88. The maximum Gasteiger partial charge on any atom is 0.420 e. The molecule has 2 saturated carbocycles. The van der Waals surface area contributed by atoms with Crippen LogP contribution in [0.15, 0.2) is 17.0 Å². The van der Waals surface area contributed by atoms with Gasteiger partial charge in [-0.2, -0.15) is 13.2 Å². The minimum atomic E-state index is -4.81. The van der Waals surface area contributed by atoms with Gasteiger partial charge in [0.05, 0.1) is 21.6 Å². The average Bonchev–Trinajstić information content (AvgIpc) is 2.89. The fourth-order valence-electron chi connectivity index (χ4n) is 5.07. The van der Waals surface area contributed by atoms with E-state index in [0.717, 1.165) is 19.1 Å². The number of hydrogen-bond donors (Lipinski definition) is 1. The first-order valence-electron chi connectivity index (χ1n) is 12.9. The van der Waals surface area contributed by atoms with Crippen molar-refractivity contribution in [3.8, 4) is 5.75 Å². The Balaban J connectivity index is 0.000000663. The van der Waals surface area contributed by atoms with Crippen molar-refractivity contribution in [2.45, 2.75) is 88.8 Å². The Morgan fingerprint density at radius 1 is 1.10 bits per heavy atom. The summed E-state index contributed by atoms with van der Waals surface area (Å²) in [5.41, 5.74) is -2.86. The van der Waals surface area contributed by atoms with E-state index in [1.807, 2.05) is 0 Å². The predicted molar refractivity (Wildman–Crippen MR) is 135 cm³/mol. The molecule has 6 nitrogen and oxygen atoms in total. The van der Waals surface area contributed by atoms with Gasteiger partial charge >= 0.3 is 12.1 Å². The summed E-state index contributed by atoms with van der Waals surface area (Å²) in [7, 11) is -0.196. The van der Waals surface area contributed by atoms with Crippen LogP contribution in [0.1, 0.15) is 65.4 Å². The second-order valence-corrected chi connectivity index (χ2v) is 13.3. The van der Waals surface area contributed by atoms with E-state index < -0.39 is 63.7 Å². The molecule has 40 heavy (non-hydrogen) atoms. The summed E-state index contributed by atoms with van der Waals surface area (Å²) >= 11 is 0. The smallest absolute Gasteiger partial charge is 0.420 e. The van der Waals surface area contributed by atoms with Gasteiger partial charge in [0.25, 0.3) is 0 Å². The van der Waals surface area contributed by atoms with Crippen LogP contribution in [0, 0.1) is 10.8 Å². The molecule has 3 aliphatic rings. The van der Waals surface area contributed by atoms with Crippen LogP contribution in [0.5, 0.6) is 5.75 Å². The van der Waals surface area contributed by atoms with Gasteiger partial charge in [-0.25, -0.2) is 26.1 Å². The standard InChI is InChI=1S/C22H27F5N2O4S.C4H8F2/c1-19(2,18(30)31)12-33-16-7-17-15(6-14(16)22(25,26)27)29(5-4-28(3)34(17)32)13-8-20(9-13)10-21(23,24)11-20;1-3-4(2,5)6/h6-7,13H,4-5,8-12H2,1-3H3,(H,30,31);3H2,1-2H3. The van der Waals surface area contributed by atoms with Gasteiger partial charge < -0.3 is 14.7 Å². The van der Waals surface area contributed by atoms with Crippen molar-refractivity contribution in [2.24, 2.45) is 10.8 Å². The maximum absolute atomic E-state index is 14.0. The number of carbonyl (C=O) groups is 1. The summed E-state index contributed by atoms with van der Waals surface area (Å²) in [6.45, 7) is 5.12. The molecule has 0 saturated heterocycles. The third-order valence-electron chi connectivity index (χ3n) is 7.64. The summed E-state index contributed by atoms with van der Waals surface area (Å²) in [5.74, 6) is -6.96. The van der Waals surface area contributed by atoms with E-state index in [1.165, 1.54) is 25.1 Å². The molecule has 4 rings (SSSR count). The van der Waals surface area contributed by atoms with Crippen LogP contribution in [-0.2, 0) is 22.0 Å². The molecule has 1 N–H and O–H groups in total. The molecular weight excluding hydrogens is 569 g/mol. The predicted octanol–water partition coefficient (Wildman–Crippen LogP) is 6.60. The number of halogens is 7. The summed E-state index contributed by atoms with van der Waals surface area (Å²) in [6, 6.07) is 1.75. The molecule has 1 aliphatic heterocycles. The average molecular weight is 605 g/mol. The van der Waals surface area contributed by atoms with Crippen molar-refractivity contribution in [1.82, 2.24) is 4.31 Å². The lowest BCUT2D eigenvalue weighted by Gasteiger charge is -2.59. The lowest BCUT2D eigenvalue weighted by molar-refractivity contribution is -0.195. The molecule has 1 aromatic rings. The van der Waals surface area contributed by atoms with Crippen LogP contribution in [0.4, 0.5) is 36.4 Å². The molecule has 2 aliphatic carbocycles. The van der Waals surface area contributed by atoms with Crippen molar-refractivity contribution in [3.05, 3.63) is 17.7 Å². The second kappa shape index (κ2) is 11.0. The van der Waals surface area contributed by atoms with Crippen LogP contribution < -0.4 is 9.64 Å². The lowest BCUT2D eigenvalue weighted by atomic mass is 9.52. The van der Waals surface area contributed by atoms with E-state index in [2.05, 4.69) is 0 Å².